The Morgan fingerprint density at radius 2 is 1.93 bits per heavy atom. The van der Waals surface area contributed by atoms with Gasteiger partial charge in [0.25, 0.3) is 0 Å². The van der Waals surface area contributed by atoms with Crippen LogP contribution in [0.15, 0.2) is 47.4 Å². The zero-order chi connectivity index (χ0) is 20.0. The molecule has 0 heterocycles. The molecule has 2 rings (SSSR count). The van der Waals surface area contributed by atoms with Crippen molar-refractivity contribution in [2.24, 2.45) is 0 Å². The van der Waals surface area contributed by atoms with Crippen molar-refractivity contribution >= 4 is 21.6 Å². The fourth-order valence-electron chi connectivity index (χ4n) is 2.67. The number of carbonyl (C=O) groups excluding carboxylic acids is 1. The first-order valence-corrected chi connectivity index (χ1v) is 9.92. The Balaban J connectivity index is 2.24. The van der Waals surface area contributed by atoms with Crippen molar-refractivity contribution in [1.29, 1.82) is 0 Å². The van der Waals surface area contributed by atoms with E-state index in [1.165, 1.54) is 20.1 Å². The average Bonchev–Trinajstić information content (AvgIpc) is 2.61. The molecule has 0 unspecified atom stereocenters. The molecular formula is C19H23FN2O4S. The first-order chi connectivity index (χ1) is 12.8. The van der Waals surface area contributed by atoms with Gasteiger partial charge in [0.15, 0.2) is 0 Å². The van der Waals surface area contributed by atoms with Crippen LogP contribution < -0.4 is 10.1 Å². The second-order valence-corrected chi connectivity index (χ2v) is 7.90. The van der Waals surface area contributed by atoms with Gasteiger partial charge in [0.1, 0.15) is 11.6 Å². The van der Waals surface area contributed by atoms with Gasteiger partial charge in [-0.1, -0.05) is 19.1 Å². The second kappa shape index (κ2) is 8.96. The molecule has 0 bridgehead atoms. The highest BCUT2D eigenvalue weighted by molar-refractivity contribution is 7.89. The van der Waals surface area contributed by atoms with E-state index < -0.39 is 21.7 Å². The zero-order valence-corrected chi connectivity index (χ0v) is 16.3. The SMILES string of the molecule is CCCN(CC(=O)Nc1ccccc1OC)S(=O)(=O)c1ccc(F)cc1C. The van der Waals surface area contributed by atoms with Gasteiger partial charge in [-0.05, 0) is 49.2 Å². The molecule has 2 aromatic rings. The number of sulfonamides is 1. The van der Waals surface area contributed by atoms with E-state index in [-0.39, 0.29) is 18.0 Å². The standard InChI is InChI=1S/C19H23FN2O4S/c1-4-11-22(27(24,25)18-10-9-15(20)12-14(18)2)13-19(23)21-16-7-5-6-8-17(16)26-3/h5-10,12H,4,11,13H2,1-3H3,(H,21,23). The number of rotatable bonds is 8. The second-order valence-electron chi connectivity index (χ2n) is 6.00. The van der Waals surface area contributed by atoms with Crippen molar-refractivity contribution in [3.8, 4) is 5.75 Å². The maximum atomic E-state index is 13.3. The summed E-state index contributed by atoms with van der Waals surface area (Å²) in [5, 5.41) is 2.67. The molecule has 8 heteroatoms. The summed E-state index contributed by atoms with van der Waals surface area (Å²) in [5.41, 5.74) is 0.748. The number of para-hydroxylation sites is 2. The number of benzene rings is 2. The molecule has 1 N–H and O–H groups in total. The third-order valence-electron chi connectivity index (χ3n) is 3.93. The Bertz CT molecular complexity index is 916. The van der Waals surface area contributed by atoms with Crippen molar-refractivity contribution in [3.63, 3.8) is 0 Å². The lowest BCUT2D eigenvalue weighted by Crippen LogP contribution is -2.38. The number of amides is 1. The minimum absolute atomic E-state index is 0.0116. The van der Waals surface area contributed by atoms with Crippen molar-refractivity contribution in [1.82, 2.24) is 4.31 Å². The number of ether oxygens (including phenoxy) is 1. The van der Waals surface area contributed by atoms with Crippen LogP contribution in [-0.4, -0.2) is 38.8 Å². The Morgan fingerprint density at radius 3 is 2.56 bits per heavy atom. The maximum Gasteiger partial charge on any atom is 0.243 e. The van der Waals surface area contributed by atoms with Gasteiger partial charge in [0.05, 0.1) is 24.2 Å². The predicted molar refractivity (Wildman–Crippen MR) is 102 cm³/mol. The first kappa shape index (κ1) is 20.9. The van der Waals surface area contributed by atoms with Crippen LogP contribution in [0.2, 0.25) is 0 Å². The third-order valence-corrected chi connectivity index (χ3v) is 5.93. The highest BCUT2D eigenvalue weighted by atomic mass is 32.2. The number of halogens is 1. The minimum atomic E-state index is -3.94. The molecular weight excluding hydrogens is 371 g/mol. The number of nitrogens with zero attached hydrogens (tertiary/aromatic N) is 1. The van der Waals surface area contributed by atoms with Crippen molar-refractivity contribution in [2.75, 3.05) is 25.5 Å². The highest BCUT2D eigenvalue weighted by Crippen LogP contribution is 2.24. The van der Waals surface area contributed by atoms with Gasteiger partial charge in [-0.3, -0.25) is 4.79 Å². The molecule has 0 aliphatic heterocycles. The largest absolute Gasteiger partial charge is 0.495 e. The molecule has 0 fully saturated rings. The van der Waals surface area contributed by atoms with Crippen molar-refractivity contribution in [2.45, 2.75) is 25.2 Å². The van der Waals surface area contributed by atoms with E-state index in [1.54, 1.807) is 24.3 Å². The Hall–Kier alpha value is -2.45. The molecule has 27 heavy (non-hydrogen) atoms. The van der Waals surface area contributed by atoms with Gasteiger partial charge >= 0.3 is 0 Å². The lowest BCUT2D eigenvalue weighted by atomic mass is 10.2. The number of nitrogens with one attached hydrogen (secondary N) is 1. The van der Waals surface area contributed by atoms with Crippen LogP contribution in [0.4, 0.5) is 10.1 Å². The number of methoxy groups -OCH3 is 1. The Kier molecular flexibility index (Phi) is 6.92. The van der Waals surface area contributed by atoms with E-state index in [1.807, 2.05) is 6.92 Å². The molecule has 0 radical (unpaired) electrons. The van der Waals surface area contributed by atoms with Gasteiger partial charge < -0.3 is 10.1 Å². The Morgan fingerprint density at radius 1 is 1.22 bits per heavy atom. The number of hydrogen-bond donors (Lipinski definition) is 1. The fraction of sp³-hybridized carbons (Fsp3) is 0.316. The molecule has 0 aromatic heterocycles. The highest BCUT2D eigenvalue weighted by Gasteiger charge is 2.27. The molecule has 0 aliphatic carbocycles. The van der Waals surface area contributed by atoms with E-state index in [0.29, 0.717) is 23.4 Å². The normalized spacial score (nSPS) is 11.4. The molecule has 146 valence electrons. The van der Waals surface area contributed by atoms with Crippen LogP contribution in [0.1, 0.15) is 18.9 Å². The first-order valence-electron chi connectivity index (χ1n) is 8.48. The molecule has 6 nitrogen and oxygen atoms in total. The lowest BCUT2D eigenvalue weighted by Gasteiger charge is -2.22. The van der Waals surface area contributed by atoms with Crippen LogP contribution in [0, 0.1) is 12.7 Å². The summed E-state index contributed by atoms with van der Waals surface area (Å²) in [4.78, 5) is 12.4. The lowest BCUT2D eigenvalue weighted by molar-refractivity contribution is -0.116. The average molecular weight is 394 g/mol. The van der Waals surface area contributed by atoms with Gasteiger partial charge in [-0.15, -0.1) is 0 Å². The maximum absolute atomic E-state index is 13.3. The molecule has 0 atom stereocenters. The monoisotopic (exact) mass is 394 g/mol. The molecule has 1 amide bonds. The van der Waals surface area contributed by atoms with E-state index >= 15 is 0 Å². The van der Waals surface area contributed by atoms with Gasteiger partial charge in [-0.25, -0.2) is 12.8 Å². The molecule has 0 aliphatic rings. The summed E-state index contributed by atoms with van der Waals surface area (Å²) >= 11 is 0. The van der Waals surface area contributed by atoms with Gasteiger partial charge in [0, 0.05) is 6.54 Å². The van der Waals surface area contributed by atoms with E-state index in [2.05, 4.69) is 5.32 Å². The Labute approximate surface area is 159 Å². The topological polar surface area (TPSA) is 75.7 Å². The van der Waals surface area contributed by atoms with E-state index in [0.717, 1.165) is 16.4 Å². The fourth-order valence-corrected chi connectivity index (χ4v) is 4.37. The predicted octanol–water partition coefficient (Wildman–Crippen LogP) is 3.18. The number of hydrogen-bond acceptors (Lipinski definition) is 4. The third kappa shape index (κ3) is 5.05. The van der Waals surface area contributed by atoms with Crippen LogP contribution in [0.5, 0.6) is 5.75 Å². The zero-order valence-electron chi connectivity index (χ0n) is 15.5. The summed E-state index contributed by atoms with van der Waals surface area (Å²) in [7, 11) is -2.46. The van der Waals surface area contributed by atoms with Crippen LogP contribution >= 0.6 is 0 Å². The summed E-state index contributed by atoms with van der Waals surface area (Å²) < 4.78 is 45.5. The van der Waals surface area contributed by atoms with Crippen LogP contribution in [0.25, 0.3) is 0 Å². The van der Waals surface area contributed by atoms with Crippen LogP contribution in [0.3, 0.4) is 0 Å². The van der Waals surface area contributed by atoms with Gasteiger partial charge in [0.2, 0.25) is 15.9 Å². The number of carbonyl (C=O) groups is 1. The summed E-state index contributed by atoms with van der Waals surface area (Å²) in [6, 6.07) is 10.3. The van der Waals surface area contributed by atoms with E-state index in [9.17, 15) is 17.6 Å². The van der Waals surface area contributed by atoms with Crippen molar-refractivity contribution < 1.29 is 22.3 Å². The summed E-state index contributed by atoms with van der Waals surface area (Å²) in [5.74, 6) is -0.524. The van der Waals surface area contributed by atoms with Gasteiger partial charge in [-0.2, -0.15) is 4.31 Å². The quantitative estimate of drug-likeness (QED) is 0.746. The number of anilines is 1. The molecule has 0 spiro atoms. The van der Waals surface area contributed by atoms with E-state index in [4.69, 9.17) is 4.74 Å². The minimum Gasteiger partial charge on any atom is -0.495 e. The summed E-state index contributed by atoms with van der Waals surface area (Å²) in [6.07, 6.45) is 0.529. The molecule has 2 aromatic carbocycles. The smallest absolute Gasteiger partial charge is 0.243 e. The van der Waals surface area contributed by atoms with Crippen LogP contribution in [-0.2, 0) is 14.8 Å². The molecule has 0 saturated heterocycles. The number of aryl methyl sites for hydroxylation is 1. The molecule has 0 saturated carbocycles. The summed E-state index contributed by atoms with van der Waals surface area (Å²) in [6.45, 7) is 3.15. The van der Waals surface area contributed by atoms with Crippen molar-refractivity contribution in [3.05, 3.63) is 53.8 Å².